The summed E-state index contributed by atoms with van der Waals surface area (Å²) in [4.78, 5) is 7.04. The van der Waals surface area contributed by atoms with Crippen molar-refractivity contribution in [3.8, 4) is 5.88 Å². The number of alkyl halides is 3. The molecule has 1 heterocycles. The fourth-order valence-corrected chi connectivity index (χ4v) is 0.818. The predicted molar refractivity (Wildman–Crippen MR) is 48.3 cm³/mol. The molecular weight excluding hydrogens is 228 g/mol. The number of nitrogens with zero attached hydrogens (tertiary/aromatic N) is 2. The molecule has 0 aliphatic heterocycles. The Morgan fingerprint density at radius 2 is 2.06 bits per heavy atom. The lowest BCUT2D eigenvalue weighted by atomic mass is 10.4. The first-order chi connectivity index (χ1) is 7.42. The van der Waals surface area contributed by atoms with E-state index in [1.807, 2.05) is 0 Å². The molecule has 0 saturated heterocycles. The summed E-state index contributed by atoms with van der Waals surface area (Å²) in [6.45, 7) is 0.0121. The van der Waals surface area contributed by atoms with Crippen LogP contribution < -0.4 is 4.74 Å². The first-order valence-corrected chi connectivity index (χ1v) is 4.26. The molecule has 0 N–H and O–H groups in total. The number of hydrogen-bond acceptors (Lipinski definition) is 3. The molecule has 0 saturated carbocycles. The second-order valence-corrected chi connectivity index (χ2v) is 2.78. The maximum atomic E-state index is 12.9. The van der Waals surface area contributed by atoms with Crippen molar-refractivity contribution in [1.29, 1.82) is 0 Å². The van der Waals surface area contributed by atoms with Crippen LogP contribution in [0.5, 0.6) is 5.88 Å². The van der Waals surface area contributed by atoms with Crippen LogP contribution in [-0.4, -0.2) is 22.8 Å². The zero-order valence-electron chi connectivity index (χ0n) is 8.25. The van der Waals surface area contributed by atoms with Crippen LogP contribution in [-0.2, 0) is 0 Å². The summed E-state index contributed by atoms with van der Waals surface area (Å²) >= 11 is 0. The molecule has 0 amide bonds. The molecule has 0 spiro atoms. The van der Waals surface area contributed by atoms with Crippen molar-refractivity contribution in [2.45, 2.75) is 13.1 Å². The summed E-state index contributed by atoms with van der Waals surface area (Å²) < 4.78 is 52.5. The third-order valence-electron chi connectivity index (χ3n) is 1.51. The van der Waals surface area contributed by atoms with E-state index in [9.17, 15) is 17.6 Å². The lowest BCUT2D eigenvalue weighted by Crippen LogP contribution is -2.19. The Morgan fingerprint density at radius 3 is 2.50 bits per heavy atom. The molecule has 0 fully saturated rings. The van der Waals surface area contributed by atoms with Crippen molar-refractivity contribution in [1.82, 2.24) is 9.97 Å². The lowest BCUT2D eigenvalue weighted by Gasteiger charge is -2.07. The van der Waals surface area contributed by atoms with Gasteiger partial charge in [0.05, 0.1) is 12.4 Å². The molecule has 16 heavy (non-hydrogen) atoms. The van der Waals surface area contributed by atoms with Crippen molar-refractivity contribution in [3.05, 3.63) is 24.2 Å². The van der Waals surface area contributed by atoms with Crippen LogP contribution in [0, 0.1) is 0 Å². The van der Waals surface area contributed by atoms with Crippen LogP contribution in [0.1, 0.15) is 12.6 Å². The van der Waals surface area contributed by atoms with Gasteiger partial charge in [0.25, 0.3) is 0 Å². The molecule has 88 valence electrons. The number of allylic oxidation sites excluding steroid dienone is 1. The van der Waals surface area contributed by atoms with Gasteiger partial charge in [-0.2, -0.15) is 13.2 Å². The van der Waals surface area contributed by atoms with Gasteiger partial charge in [-0.1, -0.05) is 0 Å². The Hall–Kier alpha value is -1.66. The van der Waals surface area contributed by atoms with Gasteiger partial charge in [0.15, 0.2) is 6.61 Å². The Morgan fingerprint density at radius 1 is 1.38 bits per heavy atom. The van der Waals surface area contributed by atoms with Crippen molar-refractivity contribution < 1.29 is 22.3 Å². The Labute approximate surface area is 88.8 Å². The highest BCUT2D eigenvalue weighted by molar-refractivity contribution is 5.53. The Balaban J connectivity index is 2.65. The van der Waals surface area contributed by atoms with Crippen LogP contribution in [0.15, 0.2) is 18.5 Å². The molecule has 3 nitrogen and oxygen atoms in total. The molecule has 0 radical (unpaired) electrons. The largest absolute Gasteiger partial charge is 0.467 e. The van der Waals surface area contributed by atoms with Gasteiger partial charge in [0.1, 0.15) is 11.5 Å². The first-order valence-electron chi connectivity index (χ1n) is 4.26. The Bertz CT molecular complexity index is 372. The molecule has 0 aliphatic rings. The molecule has 1 aromatic rings. The van der Waals surface area contributed by atoms with E-state index in [1.165, 1.54) is 13.0 Å². The minimum Gasteiger partial charge on any atom is -0.467 e. The van der Waals surface area contributed by atoms with Crippen molar-refractivity contribution in [2.75, 3.05) is 6.61 Å². The monoisotopic (exact) mass is 236 g/mol. The number of aromatic nitrogens is 2. The molecule has 0 aromatic carbocycles. The summed E-state index contributed by atoms with van der Waals surface area (Å²) in [5.74, 6) is -0.903. The smallest absolute Gasteiger partial charge is 0.422 e. The van der Waals surface area contributed by atoms with Gasteiger partial charge in [-0.05, 0) is 13.0 Å². The Kier molecular flexibility index (Phi) is 3.81. The van der Waals surface area contributed by atoms with E-state index in [-0.39, 0.29) is 11.6 Å². The van der Waals surface area contributed by atoms with E-state index in [0.29, 0.717) is 0 Å². The lowest BCUT2D eigenvalue weighted by molar-refractivity contribution is -0.154. The first kappa shape index (κ1) is 12.4. The maximum Gasteiger partial charge on any atom is 0.422 e. The summed E-state index contributed by atoms with van der Waals surface area (Å²) in [5, 5.41) is 0. The molecule has 0 unspecified atom stereocenters. The van der Waals surface area contributed by atoms with E-state index >= 15 is 0 Å². The van der Waals surface area contributed by atoms with Crippen LogP contribution in [0.4, 0.5) is 17.6 Å². The minimum atomic E-state index is -4.44. The quantitative estimate of drug-likeness (QED) is 0.757. The fourth-order valence-electron chi connectivity index (χ4n) is 0.818. The van der Waals surface area contributed by atoms with E-state index in [0.717, 1.165) is 12.4 Å². The minimum absolute atomic E-state index is 0.0538. The van der Waals surface area contributed by atoms with Gasteiger partial charge in [0, 0.05) is 0 Å². The second kappa shape index (κ2) is 4.91. The van der Waals surface area contributed by atoms with Gasteiger partial charge in [-0.15, -0.1) is 0 Å². The summed E-state index contributed by atoms with van der Waals surface area (Å²) in [6.07, 6.45) is -1.33. The predicted octanol–water partition coefficient (Wildman–Crippen LogP) is 2.75. The summed E-state index contributed by atoms with van der Waals surface area (Å²) in [7, 11) is 0. The molecular formula is C9H8F4N2O. The van der Waals surface area contributed by atoms with Crippen molar-refractivity contribution >= 4 is 5.83 Å². The van der Waals surface area contributed by atoms with Crippen LogP contribution in [0.3, 0.4) is 0 Å². The number of hydrogen-bond donors (Lipinski definition) is 0. The third kappa shape index (κ3) is 3.84. The van der Waals surface area contributed by atoms with E-state index in [2.05, 4.69) is 14.7 Å². The number of rotatable bonds is 3. The second-order valence-electron chi connectivity index (χ2n) is 2.78. The van der Waals surface area contributed by atoms with Crippen molar-refractivity contribution in [3.63, 3.8) is 0 Å². The molecule has 0 bridgehead atoms. The van der Waals surface area contributed by atoms with Gasteiger partial charge in [-0.3, -0.25) is 0 Å². The summed E-state index contributed by atoms with van der Waals surface area (Å²) in [6, 6.07) is 0. The van der Waals surface area contributed by atoms with E-state index in [4.69, 9.17) is 0 Å². The average molecular weight is 236 g/mol. The van der Waals surface area contributed by atoms with Gasteiger partial charge >= 0.3 is 6.18 Å². The highest BCUT2D eigenvalue weighted by Crippen LogP contribution is 2.17. The molecule has 1 aromatic heterocycles. The third-order valence-corrected chi connectivity index (χ3v) is 1.51. The van der Waals surface area contributed by atoms with Crippen LogP contribution in [0.2, 0.25) is 0 Å². The van der Waals surface area contributed by atoms with Gasteiger partial charge < -0.3 is 4.74 Å². The summed E-state index contributed by atoms with van der Waals surface area (Å²) in [5.41, 5.74) is -0.0538. The van der Waals surface area contributed by atoms with E-state index < -0.39 is 18.6 Å². The molecule has 7 heteroatoms. The van der Waals surface area contributed by atoms with Crippen molar-refractivity contribution in [2.24, 2.45) is 0 Å². The van der Waals surface area contributed by atoms with Crippen LogP contribution in [0.25, 0.3) is 5.83 Å². The number of ether oxygens (including phenoxy) is 1. The highest BCUT2D eigenvalue weighted by Gasteiger charge is 2.28. The maximum absolute atomic E-state index is 12.9. The normalized spacial score (nSPS) is 12.7. The topological polar surface area (TPSA) is 35.0 Å². The molecule has 0 aliphatic carbocycles. The standard InChI is InChI=1S/C9H8F4N2O/c1-2-6(10)7-3-15-8(4-14-7)16-5-9(11,12)13/h2-4H,5H2,1H3/b6-2-. The molecule has 1 rings (SSSR count). The average Bonchev–Trinajstić information content (AvgIpc) is 2.25. The van der Waals surface area contributed by atoms with Crippen LogP contribution >= 0.6 is 0 Å². The fraction of sp³-hybridized carbons (Fsp3) is 0.333. The zero-order chi connectivity index (χ0) is 12.2. The van der Waals surface area contributed by atoms with Gasteiger partial charge in [-0.25, -0.2) is 14.4 Å². The zero-order valence-corrected chi connectivity index (χ0v) is 8.25. The SMILES string of the molecule is C/C=C(\F)c1cnc(OCC(F)(F)F)cn1. The van der Waals surface area contributed by atoms with E-state index in [1.54, 1.807) is 0 Å². The highest BCUT2D eigenvalue weighted by atomic mass is 19.4. The molecule has 0 atom stereocenters. The van der Waals surface area contributed by atoms with Gasteiger partial charge in [0.2, 0.25) is 5.88 Å². The number of halogens is 4.